The molecule has 0 nitrogen and oxygen atoms in total. The first kappa shape index (κ1) is 10.0. The highest BCUT2D eigenvalue weighted by Crippen LogP contribution is 2.08. The minimum Gasteiger partial charge on any atom is -0.0801 e. The number of unbranched alkanes of at least 4 members (excludes halogenated alkanes) is 1. The second-order valence-electron chi connectivity index (χ2n) is 3.36. The SMILES string of the molecule is [CH]=CCc1ccc(CCCC)cc1. The summed E-state index contributed by atoms with van der Waals surface area (Å²) in [6.07, 6.45) is 6.30. The van der Waals surface area contributed by atoms with Gasteiger partial charge in [0, 0.05) is 0 Å². The topological polar surface area (TPSA) is 0 Å². The van der Waals surface area contributed by atoms with Crippen LogP contribution in [0.2, 0.25) is 0 Å². The Morgan fingerprint density at radius 3 is 2.31 bits per heavy atom. The van der Waals surface area contributed by atoms with Gasteiger partial charge < -0.3 is 0 Å². The Hall–Kier alpha value is -1.04. The van der Waals surface area contributed by atoms with E-state index in [4.69, 9.17) is 6.58 Å². The lowest BCUT2D eigenvalue weighted by Crippen LogP contribution is -1.86. The average molecular weight is 173 g/mol. The Morgan fingerprint density at radius 1 is 1.15 bits per heavy atom. The van der Waals surface area contributed by atoms with Crippen LogP contribution in [0.15, 0.2) is 30.3 Å². The van der Waals surface area contributed by atoms with Crippen molar-refractivity contribution in [3.05, 3.63) is 48.0 Å². The molecule has 69 valence electrons. The zero-order valence-corrected chi connectivity index (χ0v) is 8.29. The Morgan fingerprint density at radius 2 is 1.77 bits per heavy atom. The van der Waals surface area contributed by atoms with E-state index in [9.17, 15) is 0 Å². The molecule has 0 spiro atoms. The van der Waals surface area contributed by atoms with Gasteiger partial charge in [-0.3, -0.25) is 0 Å². The summed E-state index contributed by atoms with van der Waals surface area (Å²) in [6, 6.07) is 8.73. The minimum absolute atomic E-state index is 0.869. The van der Waals surface area contributed by atoms with E-state index < -0.39 is 0 Å². The highest BCUT2D eigenvalue weighted by molar-refractivity contribution is 5.23. The van der Waals surface area contributed by atoms with Gasteiger partial charge in [0.1, 0.15) is 0 Å². The van der Waals surface area contributed by atoms with Crippen molar-refractivity contribution >= 4 is 0 Å². The molecule has 1 aromatic carbocycles. The van der Waals surface area contributed by atoms with Crippen molar-refractivity contribution in [2.45, 2.75) is 32.6 Å². The van der Waals surface area contributed by atoms with Crippen molar-refractivity contribution in [1.29, 1.82) is 0 Å². The van der Waals surface area contributed by atoms with E-state index in [1.807, 2.05) is 0 Å². The highest BCUT2D eigenvalue weighted by atomic mass is 14.0. The lowest BCUT2D eigenvalue weighted by Gasteiger charge is -2.01. The molecule has 1 rings (SSSR count). The van der Waals surface area contributed by atoms with Crippen molar-refractivity contribution in [3.63, 3.8) is 0 Å². The lowest BCUT2D eigenvalue weighted by molar-refractivity contribution is 0.795. The van der Waals surface area contributed by atoms with Crippen LogP contribution in [0.5, 0.6) is 0 Å². The molecule has 0 saturated heterocycles. The van der Waals surface area contributed by atoms with E-state index >= 15 is 0 Å². The molecule has 0 saturated carbocycles. The summed E-state index contributed by atoms with van der Waals surface area (Å²) in [7, 11) is 0. The molecule has 0 aromatic heterocycles. The zero-order chi connectivity index (χ0) is 9.52. The molecule has 0 N–H and O–H groups in total. The van der Waals surface area contributed by atoms with Gasteiger partial charge in [-0.05, 0) is 30.4 Å². The molecule has 1 radical (unpaired) electrons. The molecule has 0 heterocycles. The summed E-state index contributed by atoms with van der Waals surface area (Å²) in [6.45, 7) is 7.57. The van der Waals surface area contributed by atoms with Crippen molar-refractivity contribution in [3.8, 4) is 0 Å². The van der Waals surface area contributed by atoms with E-state index in [1.165, 1.54) is 30.4 Å². The quantitative estimate of drug-likeness (QED) is 0.638. The monoisotopic (exact) mass is 173 g/mol. The third kappa shape index (κ3) is 3.45. The maximum absolute atomic E-state index is 5.35. The van der Waals surface area contributed by atoms with Crippen LogP contribution < -0.4 is 0 Å². The Balaban J connectivity index is 2.53. The van der Waals surface area contributed by atoms with Gasteiger partial charge in [0.2, 0.25) is 0 Å². The number of allylic oxidation sites excluding steroid dienone is 1. The van der Waals surface area contributed by atoms with Crippen LogP contribution in [0.3, 0.4) is 0 Å². The summed E-state index contributed by atoms with van der Waals surface area (Å²) in [4.78, 5) is 0. The molecule has 0 unspecified atom stereocenters. The van der Waals surface area contributed by atoms with E-state index in [0.717, 1.165) is 6.42 Å². The smallest absolute Gasteiger partial charge is 0.00943 e. The maximum Gasteiger partial charge on any atom is -0.00943 e. The molecule has 0 atom stereocenters. The molecule has 0 heteroatoms. The largest absolute Gasteiger partial charge is 0.0801 e. The third-order valence-electron chi connectivity index (χ3n) is 2.20. The van der Waals surface area contributed by atoms with Crippen LogP contribution in [0.25, 0.3) is 0 Å². The number of hydrogen-bond donors (Lipinski definition) is 0. The van der Waals surface area contributed by atoms with Gasteiger partial charge in [0.25, 0.3) is 0 Å². The molecule has 0 fully saturated rings. The average Bonchev–Trinajstić information content (AvgIpc) is 2.17. The molecular formula is C13H17. The first-order valence-corrected chi connectivity index (χ1v) is 4.98. The normalized spacial score (nSPS) is 9.92. The predicted molar refractivity (Wildman–Crippen MR) is 57.6 cm³/mol. The van der Waals surface area contributed by atoms with Gasteiger partial charge in [-0.2, -0.15) is 0 Å². The summed E-state index contributed by atoms with van der Waals surface area (Å²) < 4.78 is 0. The Bertz CT molecular complexity index is 243. The number of benzene rings is 1. The minimum atomic E-state index is 0.869. The zero-order valence-electron chi connectivity index (χ0n) is 8.29. The Kier molecular flexibility index (Phi) is 4.31. The van der Waals surface area contributed by atoms with Gasteiger partial charge in [0.15, 0.2) is 0 Å². The van der Waals surface area contributed by atoms with Crippen LogP contribution >= 0.6 is 0 Å². The predicted octanol–water partition coefficient (Wildman–Crippen LogP) is 3.56. The second-order valence-corrected chi connectivity index (χ2v) is 3.36. The first-order valence-electron chi connectivity index (χ1n) is 4.98. The fraction of sp³-hybridized carbons (Fsp3) is 0.385. The molecule has 0 aliphatic rings. The van der Waals surface area contributed by atoms with Crippen LogP contribution in [0.4, 0.5) is 0 Å². The van der Waals surface area contributed by atoms with Crippen LogP contribution in [0.1, 0.15) is 30.9 Å². The van der Waals surface area contributed by atoms with Gasteiger partial charge in [0.05, 0.1) is 0 Å². The van der Waals surface area contributed by atoms with Crippen molar-refractivity contribution in [2.24, 2.45) is 0 Å². The second kappa shape index (κ2) is 5.58. The highest BCUT2D eigenvalue weighted by Gasteiger charge is 1.92. The standard InChI is InChI=1S/C13H17/c1-3-5-7-13-10-8-12(6-4-2)9-11-13/h2,4,8-11H,3,5-7H2,1H3. The van der Waals surface area contributed by atoms with Crippen molar-refractivity contribution < 1.29 is 0 Å². The van der Waals surface area contributed by atoms with Crippen LogP contribution in [-0.4, -0.2) is 0 Å². The maximum atomic E-state index is 5.35. The third-order valence-corrected chi connectivity index (χ3v) is 2.20. The number of aryl methyl sites for hydroxylation is 1. The fourth-order valence-electron chi connectivity index (χ4n) is 1.36. The van der Waals surface area contributed by atoms with E-state index in [0.29, 0.717) is 0 Å². The summed E-state index contributed by atoms with van der Waals surface area (Å²) in [5, 5.41) is 0. The summed E-state index contributed by atoms with van der Waals surface area (Å²) in [5.41, 5.74) is 2.73. The van der Waals surface area contributed by atoms with Crippen LogP contribution in [-0.2, 0) is 12.8 Å². The molecule has 0 aliphatic heterocycles. The molecule has 0 amide bonds. The molecular weight excluding hydrogens is 156 g/mol. The van der Waals surface area contributed by atoms with E-state index in [-0.39, 0.29) is 0 Å². The van der Waals surface area contributed by atoms with Crippen molar-refractivity contribution in [2.75, 3.05) is 0 Å². The fourth-order valence-corrected chi connectivity index (χ4v) is 1.36. The van der Waals surface area contributed by atoms with Crippen molar-refractivity contribution in [1.82, 2.24) is 0 Å². The van der Waals surface area contributed by atoms with Gasteiger partial charge in [-0.25, -0.2) is 0 Å². The van der Waals surface area contributed by atoms with E-state index in [2.05, 4.69) is 31.2 Å². The summed E-state index contributed by atoms with van der Waals surface area (Å²) >= 11 is 0. The molecule has 0 aliphatic carbocycles. The molecule has 0 bridgehead atoms. The van der Waals surface area contributed by atoms with Gasteiger partial charge >= 0.3 is 0 Å². The Labute approximate surface area is 81.3 Å². The molecule has 1 aromatic rings. The number of hydrogen-bond acceptors (Lipinski definition) is 0. The van der Waals surface area contributed by atoms with E-state index in [1.54, 1.807) is 6.08 Å². The molecule has 13 heavy (non-hydrogen) atoms. The first-order chi connectivity index (χ1) is 6.36. The van der Waals surface area contributed by atoms with Gasteiger partial charge in [-0.15, -0.1) is 0 Å². The summed E-state index contributed by atoms with van der Waals surface area (Å²) in [5.74, 6) is 0. The van der Waals surface area contributed by atoms with Gasteiger partial charge in [-0.1, -0.05) is 50.3 Å². The lowest BCUT2D eigenvalue weighted by atomic mass is 10.1. The number of rotatable bonds is 5. The van der Waals surface area contributed by atoms with Crippen LogP contribution in [0, 0.1) is 6.58 Å².